The summed E-state index contributed by atoms with van der Waals surface area (Å²) in [7, 11) is 0. The number of rotatable bonds is 1. The van der Waals surface area contributed by atoms with Crippen molar-refractivity contribution in [2.75, 3.05) is 13.1 Å². The molecule has 2 nitrogen and oxygen atoms in total. The largest absolute Gasteiger partial charge is 0.330 e. The standard InChI is InChI=1S/C7H16N2/c1-6-4-7(5-8)2-3-9-6/h6-7,9H,2-5,8H2,1H3/t6-,7+/m1/s1. The first-order valence-corrected chi connectivity index (χ1v) is 3.76. The van der Waals surface area contributed by atoms with Gasteiger partial charge in [0, 0.05) is 6.04 Å². The summed E-state index contributed by atoms with van der Waals surface area (Å²) in [6.45, 7) is 4.25. The number of nitrogens with two attached hydrogens (primary N) is 1. The van der Waals surface area contributed by atoms with Crippen molar-refractivity contribution in [2.24, 2.45) is 11.7 Å². The molecule has 0 bridgehead atoms. The fraction of sp³-hybridized carbons (Fsp3) is 1.00. The topological polar surface area (TPSA) is 38.0 Å². The fourth-order valence-corrected chi connectivity index (χ4v) is 1.45. The van der Waals surface area contributed by atoms with Gasteiger partial charge in [-0.05, 0) is 38.8 Å². The minimum atomic E-state index is 0.687. The summed E-state index contributed by atoms with van der Waals surface area (Å²) in [5.74, 6) is 0.779. The molecule has 1 heterocycles. The van der Waals surface area contributed by atoms with Crippen LogP contribution in [-0.4, -0.2) is 19.1 Å². The van der Waals surface area contributed by atoms with Gasteiger partial charge in [-0.1, -0.05) is 0 Å². The van der Waals surface area contributed by atoms with E-state index in [9.17, 15) is 0 Å². The van der Waals surface area contributed by atoms with E-state index in [1.54, 1.807) is 0 Å². The lowest BCUT2D eigenvalue weighted by molar-refractivity contribution is 0.322. The van der Waals surface area contributed by atoms with Crippen LogP contribution in [0.25, 0.3) is 0 Å². The highest BCUT2D eigenvalue weighted by Gasteiger charge is 2.15. The predicted octanol–water partition coefficient (Wildman–Crippen LogP) is 0.333. The maximum atomic E-state index is 5.54. The van der Waals surface area contributed by atoms with Crippen molar-refractivity contribution in [1.29, 1.82) is 0 Å². The third-order valence-corrected chi connectivity index (χ3v) is 2.07. The SMILES string of the molecule is C[C@@H]1C[C@@H](CN)CCN1. The van der Waals surface area contributed by atoms with Crippen LogP contribution >= 0.6 is 0 Å². The Morgan fingerprint density at radius 2 is 2.44 bits per heavy atom. The average Bonchev–Trinajstić information content (AvgIpc) is 1.88. The highest BCUT2D eigenvalue weighted by atomic mass is 14.9. The van der Waals surface area contributed by atoms with Crippen LogP contribution in [0.1, 0.15) is 19.8 Å². The van der Waals surface area contributed by atoms with Crippen LogP contribution < -0.4 is 11.1 Å². The van der Waals surface area contributed by atoms with E-state index in [0.29, 0.717) is 6.04 Å². The molecule has 0 amide bonds. The molecule has 3 N–H and O–H groups in total. The molecule has 0 unspecified atom stereocenters. The molecule has 0 aliphatic carbocycles. The summed E-state index contributed by atoms with van der Waals surface area (Å²) >= 11 is 0. The lowest BCUT2D eigenvalue weighted by Crippen LogP contribution is -2.38. The van der Waals surface area contributed by atoms with E-state index in [1.807, 2.05) is 0 Å². The van der Waals surface area contributed by atoms with Crippen molar-refractivity contribution >= 4 is 0 Å². The van der Waals surface area contributed by atoms with E-state index in [2.05, 4.69) is 12.2 Å². The molecule has 0 aromatic heterocycles. The van der Waals surface area contributed by atoms with Crippen molar-refractivity contribution in [3.63, 3.8) is 0 Å². The Morgan fingerprint density at radius 1 is 1.67 bits per heavy atom. The summed E-state index contributed by atoms with van der Waals surface area (Å²) in [6.07, 6.45) is 2.53. The Bertz CT molecular complexity index is 83.0. The Labute approximate surface area is 56.8 Å². The van der Waals surface area contributed by atoms with Gasteiger partial charge in [0.05, 0.1) is 0 Å². The van der Waals surface area contributed by atoms with Gasteiger partial charge in [0.25, 0.3) is 0 Å². The molecular weight excluding hydrogens is 112 g/mol. The number of piperidine rings is 1. The van der Waals surface area contributed by atoms with Crippen molar-refractivity contribution in [2.45, 2.75) is 25.8 Å². The Morgan fingerprint density at radius 3 is 2.89 bits per heavy atom. The van der Waals surface area contributed by atoms with Crippen LogP contribution in [0.4, 0.5) is 0 Å². The molecule has 1 aliphatic rings. The zero-order valence-corrected chi connectivity index (χ0v) is 6.06. The second-order valence-electron chi connectivity index (χ2n) is 2.98. The Hall–Kier alpha value is -0.0800. The van der Waals surface area contributed by atoms with Gasteiger partial charge >= 0.3 is 0 Å². The van der Waals surface area contributed by atoms with Gasteiger partial charge in [-0.25, -0.2) is 0 Å². The molecule has 2 heteroatoms. The molecule has 1 saturated heterocycles. The zero-order valence-electron chi connectivity index (χ0n) is 6.06. The maximum Gasteiger partial charge on any atom is 0.00418 e. The first kappa shape index (κ1) is 7.03. The zero-order chi connectivity index (χ0) is 6.69. The van der Waals surface area contributed by atoms with E-state index in [4.69, 9.17) is 5.73 Å². The normalized spacial score (nSPS) is 36.7. The minimum Gasteiger partial charge on any atom is -0.330 e. The van der Waals surface area contributed by atoms with Crippen molar-refractivity contribution in [3.05, 3.63) is 0 Å². The van der Waals surface area contributed by atoms with E-state index in [-0.39, 0.29) is 0 Å². The molecule has 2 atom stereocenters. The van der Waals surface area contributed by atoms with Crippen molar-refractivity contribution in [1.82, 2.24) is 5.32 Å². The van der Waals surface area contributed by atoms with Gasteiger partial charge in [-0.2, -0.15) is 0 Å². The number of nitrogens with one attached hydrogen (secondary N) is 1. The molecule has 1 fully saturated rings. The molecule has 1 aliphatic heterocycles. The van der Waals surface area contributed by atoms with E-state index in [0.717, 1.165) is 19.0 Å². The fourth-order valence-electron chi connectivity index (χ4n) is 1.45. The number of hydrogen-bond acceptors (Lipinski definition) is 2. The summed E-state index contributed by atoms with van der Waals surface area (Å²) < 4.78 is 0. The van der Waals surface area contributed by atoms with E-state index < -0.39 is 0 Å². The van der Waals surface area contributed by atoms with Gasteiger partial charge in [0.2, 0.25) is 0 Å². The third-order valence-electron chi connectivity index (χ3n) is 2.07. The third kappa shape index (κ3) is 1.95. The monoisotopic (exact) mass is 128 g/mol. The maximum absolute atomic E-state index is 5.54. The van der Waals surface area contributed by atoms with Crippen molar-refractivity contribution in [3.8, 4) is 0 Å². The molecule has 0 aromatic carbocycles. The molecule has 9 heavy (non-hydrogen) atoms. The van der Waals surface area contributed by atoms with E-state index >= 15 is 0 Å². The van der Waals surface area contributed by atoms with Gasteiger partial charge in [0.1, 0.15) is 0 Å². The van der Waals surface area contributed by atoms with Gasteiger partial charge in [-0.3, -0.25) is 0 Å². The van der Waals surface area contributed by atoms with Gasteiger partial charge in [0.15, 0.2) is 0 Å². The summed E-state index contributed by atoms with van der Waals surface area (Å²) in [6, 6.07) is 0.687. The van der Waals surface area contributed by atoms with Crippen LogP contribution in [0, 0.1) is 5.92 Å². The highest BCUT2D eigenvalue weighted by Crippen LogP contribution is 2.13. The highest BCUT2D eigenvalue weighted by molar-refractivity contribution is 4.74. The Balaban J connectivity index is 2.23. The lowest BCUT2D eigenvalue weighted by atomic mass is 9.94. The smallest absolute Gasteiger partial charge is 0.00418 e. The van der Waals surface area contributed by atoms with Crippen LogP contribution in [0.15, 0.2) is 0 Å². The minimum absolute atomic E-state index is 0.687. The first-order chi connectivity index (χ1) is 4.33. The quantitative estimate of drug-likeness (QED) is 0.534. The van der Waals surface area contributed by atoms with Crippen LogP contribution in [-0.2, 0) is 0 Å². The summed E-state index contributed by atoms with van der Waals surface area (Å²) in [5.41, 5.74) is 5.54. The Kier molecular flexibility index (Phi) is 2.49. The molecule has 0 spiro atoms. The molecule has 1 rings (SSSR count). The average molecular weight is 128 g/mol. The van der Waals surface area contributed by atoms with Crippen molar-refractivity contribution < 1.29 is 0 Å². The summed E-state index contributed by atoms with van der Waals surface area (Å²) in [4.78, 5) is 0. The van der Waals surface area contributed by atoms with E-state index in [1.165, 1.54) is 12.8 Å². The molecule has 0 radical (unpaired) electrons. The van der Waals surface area contributed by atoms with Gasteiger partial charge < -0.3 is 11.1 Å². The molecule has 0 saturated carbocycles. The first-order valence-electron chi connectivity index (χ1n) is 3.76. The van der Waals surface area contributed by atoms with Crippen LogP contribution in [0.2, 0.25) is 0 Å². The van der Waals surface area contributed by atoms with Crippen LogP contribution in [0.3, 0.4) is 0 Å². The lowest BCUT2D eigenvalue weighted by Gasteiger charge is -2.26. The number of hydrogen-bond donors (Lipinski definition) is 2. The summed E-state index contributed by atoms with van der Waals surface area (Å²) in [5, 5.41) is 3.39. The second kappa shape index (κ2) is 3.18. The molecule has 0 aromatic rings. The second-order valence-corrected chi connectivity index (χ2v) is 2.98. The predicted molar refractivity (Wildman–Crippen MR) is 39.2 cm³/mol. The molecular formula is C7H16N2. The van der Waals surface area contributed by atoms with Crippen LogP contribution in [0.5, 0.6) is 0 Å². The van der Waals surface area contributed by atoms with Gasteiger partial charge in [-0.15, -0.1) is 0 Å². The molecule has 54 valence electrons.